The van der Waals surface area contributed by atoms with Crippen LogP contribution < -0.4 is 5.32 Å². The number of rotatable bonds is 6. The molecule has 0 aromatic rings. The van der Waals surface area contributed by atoms with Crippen molar-refractivity contribution in [2.24, 2.45) is 0 Å². The first-order chi connectivity index (χ1) is 8.64. The molecule has 0 aromatic carbocycles. The summed E-state index contributed by atoms with van der Waals surface area (Å²) in [6.45, 7) is 4.51. The lowest BCUT2D eigenvalue weighted by Gasteiger charge is -2.32. The molecular formula is C11H24N2O4S2. The average Bonchev–Trinajstić information content (AvgIpc) is 2.27. The number of hydrogen-bond acceptors (Lipinski definition) is 5. The van der Waals surface area contributed by atoms with Crippen LogP contribution in [0.2, 0.25) is 0 Å². The van der Waals surface area contributed by atoms with Crippen molar-refractivity contribution in [1.29, 1.82) is 0 Å². The van der Waals surface area contributed by atoms with Crippen LogP contribution in [0.15, 0.2) is 0 Å². The van der Waals surface area contributed by atoms with Crippen molar-refractivity contribution in [2.45, 2.75) is 38.8 Å². The Labute approximate surface area is 116 Å². The number of nitrogens with zero attached hydrogens (tertiary/aromatic N) is 1. The van der Waals surface area contributed by atoms with E-state index in [9.17, 15) is 16.8 Å². The molecule has 6 nitrogen and oxygen atoms in total. The lowest BCUT2D eigenvalue weighted by atomic mass is 10.1. The van der Waals surface area contributed by atoms with Crippen LogP contribution in [-0.4, -0.2) is 64.1 Å². The predicted molar refractivity (Wildman–Crippen MR) is 76.4 cm³/mol. The smallest absolute Gasteiger partial charge is 0.211 e. The van der Waals surface area contributed by atoms with Gasteiger partial charge in [0.1, 0.15) is 0 Å². The molecule has 1 heterocycles. The first kappa shape index (κ1) is 16.9. The Morgan fingerprint density at radius 3 is 2.16 bits per heavy atom. The van der Waals surface area contributed by atoms with Crippen molar-refractivity contribution in [3.05, 3.63) is 0 Å². The first-order valence-electron chi connectivity index (χ1n) is 6.55. The minimum Gasteiger partial charge on any atom is -0.310 e. The molecule has 1 aliphatic rings. The summed E-state index contributed by atoms with van der Waals surface area (Å²) in [7, 11) is -6.07. The zero-order chi connectivity index (χ0) is 14.7. The van der Waals surface area contributed by atoms with Gasteiger partial charge in [-0.3, -0.25) is 0 Å². The Kier molecular flexibility index (Phi) is 5.78. The van der Waals surface area contributed by atoms with E-state index in [2.05, 4.69) is 5.32 Å². The highest BCUT2D eigenvalue weighted by Crippen LogP contribution is 2.14. The van der Waals surface area contributed by atoms with E-state index < -0.39 is 19.9 Å². The molecule has 8 heteroatoms. The molecule has 114 valence electrons. The molecule has 1 fully saturated rings. The zero-order valence-corrected chi connectivity index (χ0v) is 13.4. The summed E-state index contributed by atoms with van der Waals surface area (Å²) in [6.07, 6.45) is 2.67. The Balaban J connectivity index is 2.41. The molecule has 0 saturated carbocycles. The molecular weight excluding hydrogens is 288 g/mol. The van der Waals surface area contributed by atoms with E-state index in [1.54, 1.807) is 6.92 Å². The molecule has 19 heavy (non-hydrogen) atoms. The summed E-state index contributed by atoms with van der Waals surface area (Å²) < 4.78 is 47.2. The Morgan fingerprint density at radius 2 is 1.74 bits per heavy atom. The molecule has 0 spiro atoms. The second-order valence-electron chi connectivity index (χ2n) is 5.20. The predicted octanol–water partition coefficient (Wildman–Crippen LogP) is -0.177. The SMILES string of the molecule is CCS(=O)(=O)CC(C)NC1CCN(S(C)(=O)=O)CC1. The fraction of sp³-hybridized carbons (Fsp3) is 1.00. The van der Waals surface area contributed by atoms with Gasteiger partial charge in [-0.1, -0.05) is 6.92 Å². The third-order valence-electron chi connectivity index (χ3n) is 3.39. The third kappa shape index (κ3) is 5.76. The summed E-state index contributed by atoms with van der Waals surface area (Å²) in [5.41, 5.74) is 0. The van der Waals surface area contributed by atoms with Gasteiger partial charge in [0.2, 0.25) is 10.0 Å². The number of hydrogen-bond donors (Lipinski definition) is 1. The van der Waals surface area contributed by atoms with Crippen LogP contribution in [0.1, 0.15) is 26.7 Å². The molecule has 0 radical (unpaired) electrons. The summed E-state index contributed by atoms with van der Waals surface area (Å²) in [5, 5.41) is 3.28. The fourth-order valence-corrected chi connectivity index (χ4v) is 4.27. The van der Waals surface area contributed by atoms with Gasteiger partial charge in [0, 0.05) is 30.9 Å². The molecule has 0 aromatic heterocycles. The maximum atomic E-state index is 11.5. The molecule has 1 aliphatic heterocycles. The topological polar surface area (TPSA) is 83.6 Å². The Morgan fingerprint density at radius 1 is 1.21 bits per heavy atom. The van der Waals surface area contributed by atoms with Gasteiger partial charge in [-0.25, -0.2) is 21.1 Å². The quantitative estimate of drug-likeness (QED) is 0.736. The summed E-state index contributed by atoms with van der Waals surface area (Å²) in [4.78, 5) is 0. The van der Waals surface area contributed by atoms with Crippen LogP contribution >= 0.6 is 0 Å². The molecule has 0 aliphatic carbocycles. The van der Waals surface area contributed by atoms with Gasteiger partial charge in [-0.05, 0) is 19.8 Å². The molecule has 0 bridgehead atoms. The molecule has 1 rings (SSSR count). The number of piperidine rings is 1. The summed E-state index contributed by atoms with van der Waals surface area (Å²) in [6, 6.07) is 0.0970. The lowest BCUT2D eigenvalue weighted by Crippen LogP contribution is -2.48. The van der Waals surface area contributed by atoms with Crippen LogP contribution in [0.25, 0.3) is 0 Å². The van der Waals surface area contributed by atoms with E-state index in [1.807, 2.05) is 6.92 Å². The van der Waals surface area contributed by atoms with Crippen molar-refractivity contribution < 1.29 is 16.8 Å². The number of sulfone groups is 1. The molecule has 0 amide bonds. The van der Waals surface area contributed by atoms with E-state index >= 15 is 0 Å². The van der Waals surface area contributed by atoms with Gasteiger partial charge >= 0.3 is 0 Å². The standard InChI is InChI=1S/C11H24N2O4S2/c1-4-19(16,17)9-10(2)12-11-5-7-13(8-6-11)18(3,14)15/h10-12H,4-9H2,1-3H3. The minimum absolute atomic E-state index is 0.0975. The van der Waals surface area contributed by atoms with Crippen LogP contribution in [0.4, 0.5) is 0 Å². The van der Waals surface area contributed by atoms with Gasteiger partial charge in [0.15, 0.2) is 9.84 Å². The van der Waals surface area contributed by atoms with Gasteiger partial charge in [-0.15, -0.1) is 0 Å². The highest BCUT2D eigenvalue weighted by Gasteiger charge is 2.26. The van der Waals surface area contributed by atoms with E-state index in [-0.39, 0.29) is 23.6 Å². The van der Waals surface area contributed by atoms with Crippen molar-refractivity contribution >= 4 is 19.9 Å². The van der Waals surface area contributed by atoms with E-state index in [4.69, 9.17) is 0 Å². The highest BCUT2D eigenvalue weighted by molar-refractivity contribution is 7.91. The number of sulfonamides is 1. The van der Waals surface area contributed by atoms with E-state index in [0.29, 0.717) is 13.1 Å². The lowest BCUT2D eigenvalue weighted by molar-refractivity contribution is 0.281. The largest absolute Gasteiger partial charge is 0.310 e. The van der Waals surface area contributed by atoms with Gasteiger partial charge in [0.25, 0.3) is 0 Å². The zero-order valence-electron chi connectivity index (χ0n) is 11.8. The summed E-state index contributed by atoms with van der Waals surface area (Å²) >= 11 is 0. The molecule has 1 saturated heterocycles. The van der Waals surface area contributed by atoms with Crippen molar-refractivity contribution in [2.75, 3.05) is 30.9 Å². The van der Waals surface area contributed by atoms with Crippen molar-refractivity contribution in [3.8, 4) is 0 Å². The van der Waals surface area contributed by atoms with E-state index in [1.165, 1.54) is 10.6 Å². The molecule has 1 N–H and O–H groups in total. The maximum absolute atomic E-state index is 11.5. The van der Waals surface area contributed by atoms with Gasteiger partial charge in [0.05, 0.1) is 12.0 Å². The minimum atomic E-state index is -3.10. The first-order valence-corrected chi connectivity index (χ1v) is 10.2. The van der Waals surface area contributed by atoms with Crippen LogP contribution in [0.5, 0.6) is 0 Å². The second-order valence-corrected chi connectivity index (χ2v) is 9.58. The fourth-order valence-electron chi connectivity index (χ4n) is 2.30. The Hall–Kier alpha value is -0.180. The molecule has 1 atom stereocenters. The van der Waals surface area contributed by atoms with Gasteiger partial charge < -0.3 is 5.32 Å². The van der Waals surface area contributed by atoms with Crippen LogP contribution in [0, 0.1) is 0 Å². The monoisotopic (exact) mass is 312 g/mol. The summed E-state index contributed by atoms with van der Waals surface area (Å²) in [5.74, 6) is 0.293. The average molecular weight is 312 g/mol. The highest BCUT2D eigenvalue weighted by atomic mass is 32.2. The number of nitrogens with one attached hydrogen (secondary N) is 1. The van der Waals surface area contributed by atoms with E-state index in [0.717, 1.165) is 12.8 Å². The van der Waals surface area contributed by atoms with Gasteiger partial charge in [-0.2, -0.15) is 0 Å². The Bertz CT molecular complexity index is 479. The van der Waals surface area contributed by atoms with Crippen molar-refractivity contribution in [3.63, 3.8) is 0 Å². The normalized spacial score (nSPS) is 21.4. The van der Waals surface area contributed by atoms with Crippen LogP contribution in [-0.2, 0) is 19.9 Å². The maximum Gasteiger partial charge on any atom is 0.211 e. The van der Waals surface area contributed by atoms with Crippen molar-refractivity contribution in [1.82, 2.24) is 9.62 Å². The third-order valence-corrected chi connectivity index (χ3v) is 6.58. The second kappa shape index (κ2) is 6.51. The van der Waals surface area contributed by atoms with Crippen LogP contribution in [0.3, 0.4) is 0 Å². The molecule has 1 unspecified atom stereocenters.